The van der Waals surface area contributed by atoms with E-state index in [9.17, 15) is 0 Å². The minimum atomic E-state index is 0.197. The van der Waals surface area contributed by atoms with Crippen LogP contribution in [-0.2, 0) is 0 Å². The average Bonchev–Trinajstić information content (AvgIpc) is 3.23. The summed E-state index contributed by atoms with van der Waals surface area (Å²) in [6, 6.07) is 2.16. The van der Waals surface area contributed by atoms with Gasteiger partial charge in [-0.1, -0.05) is 0 Å². The SMILES string of the molecule is CNc1cc(NC(C)c2sc(C)nc2C)nc(C2CC2)n1. The fraction of sp³-hybridized carbons (Fsp3) is 0.533. The summed E-state index contributed by atoms with van der Waals surface area (Å²) in [4.78, 5) is 15.0. The largest absolute Gasteiger partial charge is 0.373 e. The molecule has 1 unspecified atom stereocenters. The summed E-state index contributed by atoms with van der Waals surface area (Å²) in [5, 5.41) is 7.71. The van der Waals surface area contributed by atoms with E-state index in [1.165, 1.54) is 17.7 Å². The molecule has 2 heterocycles. The monoisotopic (exact) mass is 303 g/mol. The molecule has 0 radical (unpaired) electrons. The van der Waals surface area contributed by atoms with Gasteiger partial charge in [0.15, 0.2) is 0 Å². The fourth-order valence-corrected chi connectivity index (χ4v) is 3.36. The van der Waals surface area contributed by atoms with Gasteiger partial charge in [0, 0.05) is 23.9 Å². The molecule has 0 spiro atoms. The van der Waals surface area contributed by atoms with Crippen LogP contribution in [0.4, 0.5) is 11.6 Å². The van der Waals surface area contributed by atoms with Crippen molar-refractivity contribution in [1.82, 2.24) is 15.0 Å². The van der Waals surface area contributed by atoms with Crippen LogP contribution in [0.2, 0.25) is 0 Å². The van der Waals surface area contributed by atoms with E-state index in [2.05, 4.69) is 39.4 Å². The van der Waals surface area contributed by atoms with E-state index in [1.54, 1.807) is 11.3 Å². The third kappa shape index (κ3) is 3.15. The zero-order valence-corrected chi connectivity index (χ0v) is 13.7. The Hall–Kier alpha value is -1.69. The minimum absolute atomic E-state index is 0.197. The van der Waals surface area contributed by atoms with Crippen LogP contribution in [0.5, 0.6) is 0 Å². The molecule has 1 aliphatic rings. The van der Waals surface area contributed by atoms with Crippen molar-refractivity contribution in [3.8, 4) is 0 Å². The lowest BCUT2D eigenvalue weighted by Gasteiger charge is -2.15. The molecule has 1 aliphatic carbocycles. The quantitative estimate of drug-likeness (QED) is 0.883. The predicted octanol–water partition coefficient (Wildman–Crippen LogP) is 3.64. The molecule has 2 aromatic rings. The summed E-state index contributed by atoms with van der Waals surface area (Å²) >= 11 is 1.74. The van der Waals surface area contributed by atoms with Crippen molar-refractivity contribution >= 4 is 23.0 Å². The summed E-state index contributed by atoms with van der Waals surface area (Å²) < 4.78 is 0. The van der Waals surface area contributed by atoms with Gasteiger partial charge in [-0.15, -0.1) is 11.3 Å². The van der Waals surface area contributed by atoms with Gasteiger partial charge in [-0.05, 0) is 33.6 Å². The first-order valence-corrected chi connectivity index (χ1v) is 8.15. The van der Waals surface area contributed by atoms with Crippen LogP contribution in [-0.4, -0.2) is 22.0 Å². The van der Waals surface area contributed by atoms with Crippen molar-refractivity contribution in [1.29, 1.82) is 0 Å². The molecule has 0 aliphatic heterocycles. The van der Waals surface area contributed by atoms with Crippen LogP contribution in [0.3, 0.4) is 0 Å². The lowest BCUT2D eigenvalue weighted by Crippen LogP contribution is -2.10. The van der Waals surface area contributed by atoms with Gasteiger partial charge < -0.3 is 10.6 Å². The molecular formula is C15H21N5S. The number of aryl methyl sites for hydroxylation is 2. The first-order chi connectivity index (χ1) is 10.1. The second-order valence-electron chi connectivity index (χ2n) is 5.57. The number of nitrogens with one attached hydrogen (secondary N) is 2. The maximum absolute atomic E-state index is 4.67. The first kappa shape index (κ1) is 14.3. The third-order valence-corrected chi connectivity index (χ3v) is 4.89. The van der Waals surface area contributed by atoms with Gasteiger partial charge >= 0.3 is 0 Å². The molecule has 1 atom stereocenters. The normalized spacial score (nSPS) is 15.8. The maximum Gasteiger partial charge on any atom is 0.136 e. The fourth-order valence-electron chi connectivity index (χ4n) is 2.43. The van der Waals surface area contributed by atoms with E-state index in [0.29, 0.717) is 5.92 Å². The smallest absolute Gasteiger partial charge is 0.136 e. The van der Waals surface area contributed by atoms with Crippen LogP contribution in [0.1, 0.15) is 53.1 Å². The van der Waals surface area contributed by atoms with E-state index in [-0.39, 0.29) is 6.04 Å². The van der Waals surface area contributed by atoms with E-state index in [0.717, 1.165) is 28.2 Å². The number of hydrogen-bond donors (Lipinski definition) is 2. The molecule has 0 bridgehead atoms. The van der Waals surface area contributed by atoms with Crippen molar-refractivity contribution < 1.29 is 0 Å². The van der Waals surface area contributed by atoms with Gasteiger partial charge in [0.05, 0.1) is 16.7 Å². The molecule has 2 aromatic heterocycles. The molecule has 112 valence electrons. The topological polar surface area (TPSA) is 62.7 Å². The lowest BCUT2D eigenvalue weighted by atomic mass is 10.2. The number of nitrogens with zero attached hydrogens (tertiary/aromatic N) is 3. The molecule has 6 heteroatoms. The van der Waals surface area contributed by atoms with Gasteiger partial charge in [-0.3, -0.25) is 0 Å². The zero-order valence-electron chi connectivity index (χ0n) is 12.9. The van der Waals surface area contributed by atoms with E-state index >= 15 is 0 Å². The molecule has 1 saturated carbocycles. The van der Waals surface area contributed by atoms with Crippen molar-refractivity contribution in [2.45, 2.75) is 45.6 Å². The van der Waals surface area contributed by atoms with Crippen LogP contribution in [0, 0.1) is 13.8 Å². The van der Waals surface area contributed by atoms with Gasteiger partial charge in [0.2, 0.25) is 0 Å². The van der Waals surface area contributed by atoms with Crippen molar-refractivity contribution in [2.24, 2.45) is 0 Å². The maximum atomic E-state index is 4.67. The Morgan fingerprint density at radius 3 is 2.48 bits per heavy atom. The van der Waals surface area contributed by atoms with Crippen LogP contribution in [0.25, 0.3) is 0 Å². The Kier molecular flexibility index (Phi) is 3.80. The number of hydrogen-bond acceptors (Lipinski definition) is 6. The molecule has 0 saturated heterocycles. The van der Waals surface area contributed by atoms with Gasteiger partial charge in [0.1, 0.15) is 17.5 Å². The number of aromatic nitrogens is 3. The Morgan fingerprint density at radius 1 is 1.19 bits per heavy atom. The third-order valence-electron chi connectivity index (χ3n) is 3.64. The summed E-state index contributed by atoms with van der Waals surface area (Å²) in [5.41, 5.74) is 1.10. The standard InChI is InChI=1S/C15H21N5S/c1-8-14(21-10(3)17-8)9(2)18-13-7-12(16-4)19-15(20-13)11-5-6-11/h7,9,11H,5-6H2,1-4H3,(H2,16,18,19,20). The Bertz CT molecular complexity index is 648. The van der Waals surface area contributed by atoms with Gasteiger partial charge in [-0.2, -0.15) is 0 Å². The molecule has 21 heavy (non-hydrogen) atoms. The molecule has 0 amide bonds. The van der Waals surface area contributed by atoms with Crippen LogP contribution in [0.15, 0.2) is 6.07 Å². The zero-order chi connectivity index (χ0) is 15.0. The molecular weight excluding hydrogens is 282 g/mol. The molecule has 1 fully saturated rings. The van der Waals surface area contributed by atoms with Crippen molar-refractivity contribution in [3.05, 3.63) is 27.5 Å². The molecule has 3 rings (SSSR count). The number of thiazole rings is 1. The Labute approximate surface area is 129 Å². The minimum Gasteiger partial charge on any atom is -0.373 e. The molecule has 5 nitrogen and oxygen atoms in total. The lowest BCUT2D eigenvalue weighted by molar-refractivity contribution is 0.859. The highest BCUT2D eigenvalue weighted by atomic mass is 32.1. The summed E-state index contributed by atoms with van der Waals surface area (Å²) in [7, 11) is 1.89. The summed E-state index contributed by atoms with van der Waals surface area (Å²) in [5.74, 6) is 3.25. The van der Waals surface area contributed by atoms with Gasteiger partial charge in [-0.25, -0.2) is 15.0 Å². The highest BCUT2D eigenvalue weighted by molar-refractivity contribution is 7.11. The molecule has 2 N–H and O–H groups in total. The first-order valence-electron chi connectivity index (χ1n) is 7.34. The highest BCUT2D eigenvalue weighted by Crippen LogP contribution is 2.39. The summed E-state index contributed by atoms with van der Waals surface area (Å²) in [6.45, 7) is 6.26. The van der Waals surface area contributed by atoms with E-state index in [1.807, 2.05) is 20.0 Å². The second-order valence-corrected chi connectivity index (χ2v) is 6.80. The summed E-state index contributed by atoms with van der Waals surface area (Å²) in [6.07, 6.45) is 2.41. The predicted molar refractivity (Wildman–Crippen MR) is 87.2 cm³/mol. The Balaban J connectivity index is 1.83. The van der Waals surface area contributed by atoms with Crippen LogP contribution >= 0.6 is 11.3 Å². The number of rotatable bonds is 5. The average molecular weight is 303 g/mol. The van der Waals surface area contributed by atoms with Gasteiger partial charge in [0.25, 0.3) is 0 Å². The van der Waals surface area contributed by atoms with Crippen molar-refractivity contribution in [2.75, 3.05) is 17.7 Å². The van der Waals surface area contributed by atoms with Crippen molar-refractivity contribution in [3.63, 3.8) is 0 Å². The highest BCUT2D eigenvalue weighted by Gasteiger charge is 2.27. The molecule has 0 aromatic carbocycles. The van der Waals surface area contributed by atoms with E-state index < -0.39 is 0 Å². The number of anilines is 2. The Morgan fingerprint density at radius 2 is 1.90 bits per heavy atom. The van der Waals surface area contributed by atoms with E-state index in [4.69, 9.17) is 0 Å². The second kappa shape index (κ2) is 5.60. The van der Waals surface area contributed by atoms with Crippen LogP contribution < -0.4 is 10.6 Å².